The predicted octanol–water partition coefficient (Wildman–Crippen LogP) is 4.16. The zero-order valence-corrected chi connectivity index (χ0v) is 10.5. The second-order valence-corrected chi connectivity index (χ2v) is 65.1. The third-order valence-electron chi connectivity index (χ3n) is 16.5. The van der Waals surface area contributed by atoms with E-state index in [9.17, 15) is 0 Å². The Hall–Kier alpha value is 0.636. The van der Waals surface area contributed by atoms with Crippen LogP contribution >= 0.6 is 0 Å². The van der Waals surface area contributed by atoms with Gasteiger partial charge < -0.3 is 0 Å². The first-order valence-electron chi connectivity index (χ1n) is 6.15. The van der Waals surface area contributed by atoms with Crippen LogP contribution in [-0.4, -0.2) is 0 Å². The van der Waals surface area contributed by atoms with E-state index in [1.54, 1.807) is 26.8 Å². The van der Waals surface area contributed by atoms with Gasteiger partial charge in [-0.15, -0.1) is 0 Å². The Bertz CT molecular complexity index is 815. The van der Waals surface area contributed by atoms with Crippen LogP contribution in [0, 0.1) is 0 Å². The topological polar surface area (TPSA) is 0 Å². The molecule has 0 bridgehead atoms. The van der Waals surface area contributed by atoms with E-state index >= 15 is 0 Å². The molecule has 10 aliphatic heterocycles. The van der Waals surface area contributed by atoms with Gasteiger partial charge >= 0.3 is 65.4 Å². The summed E-state index contributed by atoms with van der Waals surface area (Å²) in [6.07, 6.45) is 0. The molecule has 0 aromatic heterocycles. The SMILES string of the molecule is C[C]12[CH]3[CH]4[CH]5[C]1(C)[Os]43521678[CH]2[CH]1[CH]6[CH]7[CH]28. The Morgan fingerprint density at radius 2 is 1.08 bits per heavy atom. The quantitative estimate of drug-likeness (QED) is 0.617. The molecule has 70 valence electrons. The van der Waals surface area contributed by atoms with Crippen LogP contribution in [0.25, 0.3) is 0 Å². The minimum absolute atomic E-state index is 1.16. The molecule has 0 saturated carbocycles. The van der Waals surface area contributed by atoms with Crippen LogP contribution in [0.5, 0.6) is 0 Å². The Morgan fingerprint density at radius 1 is 0.692 bits per heavy atom. The number of fused-ring (bicyclic) bond motifs is 10. The summed E-state index contributed by atoms with van der Waals surface area (Å²) in [5, 5.41) is 0. The van der Waals surface area contributed by atoms with Crippen LogP contribution in [0.4, 0.5) is 0 Å². The maximum atomic E-state index is 2.84. The normalized spacial score (nSPS) is 158. The van der Waals surface area contributed by atoms with Gasteiger partial charge in [0.1, 0.15) is 0 Å². The Morgan fingerprint density at radius 3 is 1.08 bits per heavy atom. The van der Waals surface area contributed by atoms with Gasteiger partial charge in [0, 0.05) is 0 Å². The molecule has 0 nitrogen and oxygen atoms in total. The average Bonchev–Trinajstić information content (AvgIpc) is 3.02. The van der Waals surface area contributed by atoms with Crippen molar-refractivity contribution in [1.29, 1.82) is 0 Å². The van der Waals surface area contributed by atoms with Crippen LogP contribution < -0.4 is 0 Å². The van der Waals surface area contributed by atoms with E-state index in [1.807, 2.05) is 0 Å². The molecule has 13 heavy (non-hydrogen) atoms. The Balaban J connectivity index is 2.20. The van der Waals surface area contributed by atoms with Gasteiger partial charge in [0.15, 0.2) is 0 Å². The first-order valence-corrected chi connectivity index (χ1v) is 20.4. The number of rotatable bonds is 0. The van der Waals surface area contributed by atoms with Crippen molar-refractivity contribution in [1.82, 2.24) is 0 Å². The molecule has 0 aromatic rings. The second kappa shape index (κ2) is 0.257. The monoisotopic (exact) mass is 350 g/mol. The summed E-state index contributed by atoms with van der Waals surface area (Å²) in [4.78, 5) is 0. The van der Waals surface area contributed by atoms with Gasteiger partial charge in [-0.25, -0.2) is 0 Å². The molecule has 0 amide bonds. The van der Waals surface area contributed by atoms with E-state index in [4.69, 9.17) is 0 Å². The molecule has 0 aliphatic carbocycles. The van der Waals surface area contributed by atoms with Crippen molar-refractivity contribution >= 4 is 0 Å². The average molecular weight is 348 g/mol. The first kappa shape index (κ1) is 4.25. The van der Waals surface area contributed by atoms with E-state index < -0.39 is 7.88 Å². The maximum absolute atomic E-state index is 3.03. The third-order valence-corrected chi connectivity index (χ3v) is 121. The molecule has 10 heterocycles. The molecule has 4 atom stereocenters. The van der Waals surface area contributed by atoms with Crippen LogP contribution in [0.2, 0.25) is 43.7 Å². The fourth-order valence-electron chi connectivity index (χ4n) is 18.7. The van der Waals surface area contributed by atoms with Gasteiger partial charge in [0.25, 0.3) is 0 Å². The molecule has 1 spiro atoms. The molecule has 10 aliphatic rings. The van der Waals surface area contributed by atoms with Gasteiger partial charge in [-0.2, -0.15) is 0 Å². The minimum atomic E-state index is -3.03. The number of hydrogen-bond acceptors (Lipinski definition) is 0. The predicted molar refractivity (Wildman–Crippen MR) is 46.7 cm³/mol. The third kappa shape index (κ3) is 0.0276. The van der Waals surface area contributed by atoms with E-state index in [1.165, 1.54) is 8.94 Å². The van der Waals surface area contributed by atoms with Gasteiger partial charge in [-0.05, 0) is 0 Å². The van der Waals surface area contributed by atoms with Crippen molar-refractivity contribution in [3.05, 3.63) is 0 Å². The zero-order valence-electron chi connectivity index (χ0n) is 7.97. The standard InChI is InChI=1S/C7H9.C5H5.Os/c1-6-4-3-5-7(6)2;1-2-4-5-3-1;/h3-5H,1-2H3;1-5H;. The molecular weight excluding hydrogens is 334 g/mol. The van der Waals surface area contributed by atoms with Crippen molar-refractivity contribution in [2.75, 3.05) is 0 Å². The van der Waals surface area contributed by atoms with E-state index in [-0.39, 0.29) is 0 Å². The molecule has 10 fully saturated rings. The number of hydrogen-bond donors (Lipinski definition) is 0. The fraction of sp³-hybridized carbons (Fsp3) is 1.00. The molecule has 0 N–H and O–H groups in total. The fourth-order valence-corrected chi connectivity index (χ4v) is 251. The molecule has 0 radical (unpaired) electrons. The molecular formula is C12H14Os. The molecule has 1 heteroatoms. The van der Waals surface area contributed by atoms with Crippen LogP contribution in [0.1, 0.15) is 13.8 Å². The molecule has 0 aromatic carbocycles. The van der Waals surface area contributed by atoms with Crippen molar-refractivity contribution < 1.29 is 7.88 Å². The molecule has 10 saturated heterocycles. The van der Waals surface area contributed by atoms with E-state index in [0.29, 0.717) is 0 Å². The van der Waals surface area contributed by atoms with Crippen molar-refractivity contribution in [3.63, 3.8) is 0 Å². The summed E-state index contributed by atoms with van der Waals surface area (Å²) in [6, 6.07) is 0. The summed E-state index contributed by atoms with van der Waals surface area (Å²) in [7, 11) is -3.03. The summed E-state index contributed by atoms with van der Waals surface area (Å²) >= 11 is 0. The van der Waals surface area contributed by atoms with Gasteiger partial charge in [-0.3, -0.25) is 0 Å². The van der Waals surface area contributed by atoms with Crippen molar-refractivity contribution in [2.45, 2.75) is 57.6 Å². The van der Waals surface area contributed by atoms with Crippen molar-refractivity contribution in [3.8, 4) is 0 Å². The Kier molecular flexibility index (Phi) is 0.0839. The summed E-state index contributed by atoms with van der Waals surface area (Å²) in [6.45, 7) is 5.68. The van der Waals surface area contributed by atoms with Gasteiger partial charge in [-0.1, -0.05) is 0 Å². The zero-order chi connectivity index (χ0) is 7.94. The van der Waals surface area contributed by atoms with Gasteiger partial charge in [0.05, 0.1) is 0 Å². The van der Waals surface area contributed by atoms with Crippen LogP contribution in [0.3, 0.4) is 0 Å². The molecule has 10 rings (SSSR count). The van der Waals surface area contributed by atoms with E-state index in [0.717, 1.165) is 7.94 Å². The van der Waals surface area contributed by atoms with Gasteiger partial charge in [0.2, 0.25) is 0 Å². The van der Waals surface area contributed by atoms with Crippen LogP contribution in [-0.2, 0) is 7.88 Å². The summed E-state index contributed by atoms with van der Waals surface area (Å²) in [5.41, 5.74) is 0. The van der Waals surface area contributed by atoms with Crippen LogP contribution in [0.15, 0.2) is 0 Å². The summed E-state index contributed by atoms with van der Waals surface area (Å²) in [5.74, 6) is 0. The Labute approximate surface area is 65.5 Å². The van der Waals surface area contributed by atoms with E-state index in [2.05, 4.69) is 13.8 Å². The van der Waals surface area contributed by atoms with Crippen molar-refractivity contribution in [2.24, 2.45) is 0 Å². The summed E-state index contributed by atoms with van der Waals surface area (Å²) < 4.78 is 14.7. The second-order valence-electron chi connectivity index (χ2n) is 10.5. The molecule has 4 unspecified atom stereocenters. The first-order chi connectivity index (χ1) is 5.94.